The van der Waals surface area contributed by atoms with Crippen LogP contribution in [0.3, 0.4) is 0 Å². The van der Waals surface area contributed by atoms with Crippen molar-refractivity contribution < 1.29 is 23.1 Å². The molecule has 0 spiro atoms. The Bertz CT molecular complexity index is 396. The zero-order valence-corrected chi connectivity index (χ0v) is 11.8. The van der Waals surface area contributed by atoms with E-state index < -0.39 is 12.1 Å². The van der Waals surface area contributed by atoms with E-state index in [-0.39, 0.29) is 5.54 Å². The van der Waals surface area contributed by atoms with Crippen LogP contribution in [-0.2, 0) is 4.79 Å². The molecule has 0 radical (unpaired) electrons. The summed E-state index contributed by atoms with van der Waals surface area (Å²) in [5.41, 5.74) is 0.163. The first-order valence-corrected chi connectivity index (χ1v) is 6.53. The summed E-state index contributed by atoms with van der Waals surface area (Å²) < 4.78 is 31.7. The topological polar surface area (TPSA) is 79.6 Å². The normalized spacial score (nSPS) is 22.4. The average molecular weight is 308 g/mol. The molecule has 0 aromatic rings. The lowest BCUT2D eigenvalue weighted by Crippen LogP contribution is -2.71. The third-order valence-electron chi connectivity index (χ3n) is 3.73. The second-order valence-electron chi connectivity index (χ2n) is 5.26. The van der Waals surface area contributed by atoms with Gasteiger partial charge >= 0.3 is 12.1 Å². The van der Waals surface area contributed by atoms with Gasteiger partial charge in [0, 0.05) is 39.3 Å². The number of nitriles is 1. The summed E-state index contributed by atoms with van der Waals surface area (Å²) in [6.07, 6.45) is -4.41. The van der Waals surface area contributed by atoms with Crippen LogP contribution in [0.5, 0.6) is 0 Å². The Morgan fingerprint density at radius 3 is 2.10 bits per heavy atom. The molecular formula is C12H19F3N4O2. The molecule has 0 unspecified atom stereocenters. The number of carbonyl (C=O) groups is 1. The molecule has 21 heavy (non-hydrogen) atoms. The number of rotatable bonds is 2. The van der Waals surface area contributed by atoms with E-state index in [4.69, 9.17) is 15.2 Å². The minimum atomic E-state index is -5.08. The van der Waals surface area contributed by atoms with Crippen molar-refractivity contribution in [1.82, 2.24) is 15.1 Å². The Balaban J connectivity index is 0.000000270. The zero-order chi connectivity index (χ0) is 16.1. The Hall–Kier alpha value is -1.37. The summed E-state index contributed by atoms with van der Waals surface area (Å²) in [5, 5.41) is 19.2. The van der Waals surface area contributed by atoms with Gasteiger partial charge in [0.15, 0.2) is 0 Å². The highest BCUT2D eigenvalue weighted by Gasteiger charge is 2.43. The van der Waals surface area contributed by atoms with Crippen molar-refractivity contribution in [2.75, 3.05) is 46.3 Å². The monoisotopic (exact) mass is 308 g/mol. The van der Waals surface area contributed by atoms with E-state index in [1.807, 2.05) is 0 Å². The van der Waals surface area contributed by atoms with E-state index in [0.29, 0.717) is 6.42 Å². The average Bonchev–Trinajstić information content (AvgIpc) is 2.35. The number of likely N-dealkylation sites (N-methyl/N-ethyl adjacent to an activating group) is 1. The smallest absolute Gasteiger partial charge is 0.475 e. The van der Waals surface area contributed by atoms with Gasteiger partial charge in [-0.1, -0.05) is 0 Å². The highest BCUT2D eigenvalue weighted by atomic mass is 19.4. The molecule has 9 heteroatoms. The quantitative estimate of drug-likeness (QED) is 0.754. The standard InChI is InChI=1S/C10H18N4.C2HF3O2/c1-13-4-6-14(7-5-13)10(2-3-11)8-12-9-10;3-2(4,5)1(6)7/h12H,2,4-9H2,1H3;(H,6,7). The molecule has 0 saturated carbocycles. The fourth-order valence-electron chi connectivity index (χ4n) is 2.30. The SMILES string of the molecule is CN1CCN(C2(CC#N)CNC2)CC1.O=C(O)C(F)(F)F. The fraction of sp³-hybridized carbons (Fsp3) is 0.833. The Morgan fingerprint density at radius 1 is 1.33 bits per heavy atom. The van der Waals surface area contributed by atoms with E-state index in [0.717, 1.165) is 39.3 Å². The van der Waals surface area contributed by atoms with Crippen molar-refractivity contribution in [3.8, 4) is 6.07 Å². The van der Waals surface area contributed by atoms with Gasteiger partial charge in [-0.3, -0.25) is 4.90 Å². The van der Waals surface area contributed by atoms with Gasteiger partial charge in [-0.05, 0) is 7.05 Å². The van der Waals surface area contributed by atoms with E-state index in [9.17, 15) is 13.2 Å². The van der Waals surface area contributed by atoms with Gasteiger partial charge in [0.05, 0.1) is 18.0 Å². The van der Waals surface area contributed by atoms with Crippen LogP contribution in [0.2, 0.25) is 0 Å². The van der Waals surface area contributed by atoms with E-state index in [1.54, 1.807) is 0 Å². The van der Waals surface area contributed by atoms with Crippen molar-refractivity contribution in [2.45, 2.75) is 18.1 Å². The van der Waals surface area contributed by atoms with Crippen LogP contribution in [0.15, 0.2) is 0 Å². The second kappa shape index (κ2) is 7.06. The highest BCUT2D eigenvalue weighted by Crippen LogP contribution is 2.25. The number of aliphatic carboxylic acids is 1. The van der Waals surface area contributed by atoms with Crippen molar-refractivity contribution in [2.24, 2.45) is 0 Å². The lowest BCUT2D eigenvalue weighted by Gasteiger charge is -2.52. The maximum atomic E-state index is 10.6. The lowest BCUT2D eigenvalue weighted by atomic mass is 9.86. The summed E-state index contributed by atoms with van der Waals surface area (Å²) in [7, 11) is 2.16. The zero-order valence-electron chi connectivity index (χ0n) is 11.8. The van der Waals surface area contributed by atoms with Gasteiger partial charge in [0.25, 0.3) is 0 Å². The predicted molar refractivity (Wildman–Crippen MR) is 68.6 cm³/mol. The molecule has 0 aromatic heterocycles. The number of carboxylic acid groups (broad SMARTS) is 1. The van der Waals surface area contributed by atoms with Crippen LogP contribution < -0.4 is 5.32 Å². The third-order valence-corrected chi connectivity index (χ3v) is 3.73. The molecule has 0 aliphatic carbocycles. The molecule has 2 heterocycles. The largest absolute Gasteiger partial charge is 0.490 e. The van der Waals surface area contributed by atoms with Crippen LogP contribution >= 0.6 is 0 Å². The van der Waals surface area contributed by atoms with Crippen molar-refractivity contribution in [1.29, 1.82) is 5.26 Å². The number of hydrogen-bond donors (Lipinski definition) is 2. The van der Waals surface area contributed by atoms with Crippen LogP contribution in [-0.4, -0.2) is 78.9 Å². The first kappa shape index (κ1) is 17.7. The molecule has 2 aliphatic rings. The molecule has 2 fully saturated rings. The van der Waals surface area contributed by atoms with Crippen LogP contribution in [0.1, 0.15) is 6.42 Å². The number of alkyl halides is 3. The molecule has 0 aromatic carbocycles. The predicted octanol–water partition coefficient (Wildman–Crippen LogP) is 0.123. The minimum absolute atomic E-state index is 0.163. The number of nitrogens with one attached hydrogen (secondary N) is 1. The van der Waals surface area contributed by atoms with Crippen molar-refractivity contribution >= 4 is 5.97 Å². The first-order chi connectivity index (χ1) is 9.71. The van der Waals surface area contributed by atoms with Crippen LogP contribution in [0.25, 0.3) is 0 Å². The summed E-state index contributed by atoms with van der Waals surface area (Å²) >= 11 is 0. The molecule has 2 N–H and O–H groups in total. The lowest BCUT2D eigenvalue weighted by molar-refractivity contribution is -0.192. The maximum Gasteiger partial charge on any atom is 0.490 e. The molecule has 2 aliphatic heterocycles. The third kappa shape index (κ3) is 4.84. The number of nitrogens with zero attached hydrogens (tertiary/aromatic N) is 3. The van der Waals surface area contributed by atoms with Gasteiger partial charge in [-0.2, -0.15) is 18.4 Å². The molecule has 6 nitrogen and oxygen atoms in total. The van der Waals surface area contributed by atoms with Crippen LogP contribution in [0.4, 0.5) is 13.2 Å². The number of hydrogen-bond acceptors (Lipinski definition) is 5. The molecule has 120 valence electrons. The Kier molecular flexibility index (Phi) is 5.95. The molecule has 2 saturated heterocycles. The summed E-state index contributed by atoms with van der Waals surface area (Å²) in [6.45, 7) is 6.47. The second-order valence-corrected chi connectivity index (χ2v) is 5.26. The van der Waals surface area contributed by atoms with Crippen LogP contribution in [0, 0.1) is 11.3 Å². The molecule has 0 atom stereocenters. The first-order valence-electron chi connectivity index (χ1n) is 6.53. The van der Waals surface area contributed by atoms with Gasteiger partial charge in [-0.15, -0.1) is 0 Å². The van der Waals surface area contributed by atoms with Gasteiger partial charge in [0.2, 0.25) is 0 Å². The highest BCUT2D eigenvalue weighted by molar-refractivity contribution is 5.73. The number of halogens is 3. The molecule has 0 bridgehead atoms. The fourth-order valence-corrected chi connectivity index (χ4v) is 2.30. The molecule has 2 rings (SSSR count). The van der Waals surface area contributed by atoms with E-state index in [2.05, 4.69) is 28.2 Å². The summed E-state index contributed by atoms with van der Waals surface area (Å²) in [6, 6.07) is 2.32. The van der Waals surface area contributed by atoms with Gasteiger partial charge in [0.1, 0.15) is 0 Å². The Labute approximate surface area is 121 Å². The van der Waals surface area contributed by atoms with E-state index in [1.165, 1.54) is 0 Å². The van der Waals surface area contributed by atoms with Crippen molar-refractivity contribution in [3.63, 3.8) is 0 Å². The summed E-state index contributed by atoms with van der Waals surface area (Å²) in [4.78, 5) is 13.7. The minimum Gasteiger partial charge on any atom is -0.475 e. The van der Waals surface area contributed by atoms with Crippen molar-refractivity contribution in [3.05, 3.63) is 0 Å². The molecule has 0 amide bonds. The van der Waals surface area contributed by atoms with Gasteiger partial charge in [-0.25, -0.2) is 4.79 Å². The summed E-state index contributed by atoms with van der Waals surface area (Å²) in [5.74, 6) is -2.76. The van der Waals surface area contributed by atoms with E-state index >= 15 is 0 Å². The maximum absolute atomic E-state index is 10.6. The number of carboxylic acids is 1. The molecular weight excluding hydrogens is 289 g/mol. The Morgan fingerprint density at radius 2 is 1.81 bits per heavy atom. The van der Waals surface area contributed by atoms with Gasteiger partial charge < -0.3 is 15.3 Å². The number of piperazine rings is 1.